The normalized spacial score (nSPS) is 15.9. The van der Waals surface area contributed by atoms with Crippen molar-refractivity contribution in [3.8, 4) is 0 Å². The minimum absolute atomic E-state index is 0.00826. The van der Waals surface area contributed by atoms with Crippen LogP contribution in [0.25, 0.3) is 0 Å². The Kier molecular flexibility index (Phi) is 8.99. The minimum Gasteiger partial charge on any atom is -0.379 e. The van der Waals surface area contributed by atoms with Crippen LogP contribution in [0.1, 0.15) is 54.1 Å². The third kappa shape index (κ3) is 6.11. The van der Waals surface area contributed by atoms with Crippen LogP contribution >= 0.6 is 11.8 Å². The molecule has 170 valence electrons. The Morgan fingerprint density at radius 3 is 2.55 bits per heavy atom. The maximum atomic E-state index is 13.1. The van der Waals surface area contributed by atoms with E-state index in [0.29, 0.717) is 18.5 Å². The Morgan fingerprint density at radius 2 is 1.90 bits per heavy atom. The van der Waals surface area contributed by atoms with Crippen LogP contribution in [0, 0.1) is 19.8 Å². The van der Waals surface area contributed by atoms with Gasteiger partial charge in [0.25, 0.3) is 5.91 Å². The van der Waals surface area contributed by atoms with Crippen molar-refractivity contribution in [1.29, 1.82) is 0 Å². The van der Waals surface area contributed by atoms with Crippen molar-refractivity contribution in [2.24, 2.45) is 5.92 Å². The van der Waals surface area contributed by atoms with Crippen molar-refractivity contribution in [3.63, 3.8) is 0 Å². The van der Waals surface area contributed by atoms with E-state index < -0.39 is 0 Å². The molecule has 6 nitrogen and oxygen atoms in total. The fraction of sp³-hybridized carbons (Fsp3) is 0.583. The van der Waals surface area contributed by atoms with Crippen molar-refractivity contribution < 1.29 is 14.1 Å². The van der Waals surface area contributed by atoms with Gasteiger partial charge in [0.15, 0.2) is 0 Å². The zero-order valence-corrected chi connectivity index (χ0v) is 20.0. The number of aryl methyl sites for hydroxylation is 2. The maximum Gasteiger partial charge on any atom is 0.252 e. The highest BCUT2D eigenvalue weighted by Gasteiger charge is 2.27. The molecular formula is C24H35N3O3S. The molecule has 1 aromatic heterocycles. The number of rotatable bonds is 10. The van der Waals surface area contributed by atoms with Crippen molar-refractivity contribution in [1.82, 2.24) is 15.4 Å². The molecule has 2 heterocycles. The number of amides is 1. The molecule has 1 aromatic carbocycles. The van der Waals surface area contributed by atoms with Gasteiger partial charge in [-0.25, -0.2) is 0 Å². The summed E-state index contributed by atoms with van der Waals surface area (Å²) in [5.41, 5.74) is 2.73. The van der Waals surface area contributed by atoms with Gasteiger partial charge in [-0.2, -0.15) is 0 Å². The largest absolute Gasteiger partial charge is 0.379 e. The summed E-state index contributed by atoms with van der Waals surface area (Å²) in [5, 5.41) is 7.27. The first kappa shape index (κ1) is 23.8. The van der Waals surface area contributed by atoms with E-state index in [-0.39, 0.29) is 5.91 Å². The van der Waals surface area contributed by atoms with Gasteiger partial charge in [0.05, 0.1) is 24.5 Å². The van der Waals surface area contributed by atoms with Crippen LogP contribution < -0.4 is 5.32 Å². The molecule has 1 saturated heterocycles. The number of aromatic nitrogens is 1. The van der Waals surface area contributed by atoms with E-state index in [0.717, 1.165) is 72.4 Å². The molecule has 0 radical (unpaired) electrons. The molecular weight excluding hydrogens is 410 g/mol. The second-order valence-electron chi connectivity index (χ2n) is 8.09. The molecule has 1 unspecified atom stereocenters. The summed E-state index contributed by atoms with van der Waals surface area (Å²) in [6.07, 6.45) is 2.22. The highest BCUT2D eigenvalue weighted by atomic mass is 32.2. The Bertz CT molecular complexity index is 825. The van der Waals surface area contributed by atoms with Gasteiger partial charge in [0, 0.05) is 41.9 Å². The Morgan fingerprint density at radius 1 is 1.19 bits per heavy atom. The van der Waals surface area contributed by atoms with Crippen molar-refractivity contribution in [2.75, 3.05) is 32.8 Å². The average molecular weight is 446 g/mol. The number of hydrogen-bond acceptors (Lipinski definition) is 6. The number of hydrogen-bond donors (Lipinski definition) is 1. The summed E-state index contributed by atoms with van der Waals surface area (Å²) in [6.45, 7) is 12.4. The minimum atomic E-state index is -0.00826. The number of carbonyl (C=O) groups excluding carboxylic acids is 1. The fourth-order valence-corrected chi connectivity index (χ4v) is 5.47. The summed E-state index contributed by atoms with van der Waals surface area (Å²) in [4.78, 5) is 16.6. The molecule has 1 N–H and O–H groups in total. The highest BCUT2D eigenvalue weighted by Crippen LogP contribution is 2.29. The standard InChI is InChI=1S/C24H35N3O3S/c1-5-19(6-2)22(27-11-13-29-14-12-27)15-25-24(28)20-9-7-8-10-23(20)31-16-21-17(3)26-30-18(21)4/h7-10,19,22H,5-6,11-16H2,1-4H3,(H,25,28). The molecule has 1 fully saturated rings. The predicted molar refractivity (Wildman–Crippen MR) is 125 cm³/mol. The van der Waals surface area contributed by atoms with Crippen molar-refractivity contribution in [3.05, 3.63) is 46.8 Å². The van der Waals surface area contributed by atoms with Crippen molar-refractivity contribution in [2.45, 2.75) is 57.2 Å². The number of benzene rings is 1. The van der Waals surface area contributed by atoms with E-state index in [1.165, 1.54) is 0 Å². The molecule has 7 heteroatoms. The van der Waals surface area contributed by atoms with E-state index in [2.05, 4.69) is 29.2 Å². The number of ether oxygens (including phenoxy) is 1. The summed E-state index contributed by atoms with van der Waals surface area (Å²) in [7, 11) is 0. The quantitative estimate of drug-likeness (QED) is 0.545. The first-order valence-electron chi connectivity index (χ1n) is 11.3. The summed E-state index contributed by atoms with van der Waals surface area (Å²) in [5.74, 6) is 2.12. The second kappa shape index (κ2) is 11.7. The number of nitrogens with one attached hydrogen (secondary N) is 1. The van der Waals surface area contributed by atoms with Crippen LogP contribution in [0.15, 0.2) is 33.7 Å². The third-order valence-electron chi connectivity index (χ3n) is 6.26. The first-order valence-corrected chi connectivity index (χ1v) is 12.3. The van der Waals surface area contributed by atoms with Crippen LogP contribution in [0.4, 0.5) is 0 Å². The zero-order chi connectivity index (χ0) is 22.2. The molecule has 3 rings (SSSR count). The van der Waals surface area contributed by atoms with Gasteiger partial charge in [-0.1, -0.05) is 44.0 Å². The lowest BCUT2D eigenvalue weighted by atomic mass is 9.92. The maximum absolute atomic E-state index is 13.1. The molecule has 1 amide bonds. The van der Waals surface area contributed by atoms with Gasteiger partial charge < -0.3 is 14.6 Å². The van der Waals surface area contributed by atoms with E-state index in [1.807, 2.05) is 38.1 Å². The summed E-state index contributed by atoms with van der Waals surface area (Å²) in [6, 6.07) is 8.16. The van der Waals surface area contributed by atoms with Crippen LogP contribution in [0.2, 0.25) is 0 Å². The van der Waals surface area contributed by atoms with Gasteiger partial charge in [0.2, 0.25) is 0 Å². The smallest absolute Gasteiger partial charge is 0.252 e. The van der Waals surface area contributed by atoms with E-state index in [4.69, 9.17) is 9.26 Å². The second-order valence-corrected chi connectivity index (χ2v) is 9.11. The summed E-state index contributed by atoms with van der Waals surface area (Å²) >= 11 is 1.65. The van der Waals surface area contributed by atoms with E-state index in [9.17, 15) is 4.79 Å². The Hall–Kier alpha value is -1.83. The topological polar surface area (TPSA) is 67.6 Å². The third-order valence-corrected chi connectivity index (χ3v) is 7.36. The molecule has 2 aromatic rings. The summed E-state index contributed by atoms with van der Waals surface area (Å²) < 4.78 is 10.8. The average Bonchev–Trinajstić information content (AvgIpc) is 3.13. The molecule has 31 heavy (non-hydrogen) atoms. The van der Waals surface area contributed by atoms with Crippen LogP contribution in [-0.4, -0.2) is 54.9 Å². The molecule has 0 saturated carbocycles. The first-order chi connectivity index (χ1) is 15.0. The molecule has 1 aliphatic rings. The fourth-order valence-electron chi connectivity index (χ4n) is 4.27. The number of nitrogens with zero attached hydrogens (tertiary/aromatic N) is 2. The number of carbonyl (C=O) groups is 1. The number of morpholine rings is 1. The predicted octanol–water partition coefficient (Wildman–Crippen LogP) is 4.45. The van der Waals surface area contributed by atoms with E-state index >= 15 is 0 Å². The Balaban J connectivity index is 1.67. The van der Waals surface area contributed by atoms with Gasteiger partial charge in [-0.15, -0.1) is 11.8 Å². The van der Waals surface area contributed by atoms with Gasteiger partial charge in [-0.05, 0) is 31.9 Å². The van der Waals surface area contributed by atoms with Crippen molar-refractivity contribution >= 4 is 17.7 Å². The van der Waals surface area contributed by atoms with E-state index in [1.54, 1.807) is 11.8 Å². The van der Waals surface area contributed by atoms with Crippen LogP contribution in [-0.2, 0) is 10.5 Å². The lowest BCUT2D eigenvalue weighted by Gasteiger charge is -2.38. The zero-order valence-electron chi connectivity index (χ0n) is 19.1. The van der Waals surface area contributed by atoms with Crippen LogP contribution in [0.5, 0.6) is 0 Å². The molecule has 0 aliphatic carbocycles. The highest BCUT2D eigenvalue weighted by molar-refractivity contribution is 7.98. The lowest BCUT2D eigenvalue weighted by molar-refractivity contribution is 0.00190. The van der Waals surface area contributed by atoms with Gasteiger partial charge in [0.1, 0.15) is 5.76 Å². The molecule has 1 aliphatic heterocycles. The van der Waals surface area contributed by atoms with Gasteiger partial charge >= 0.3 is 0 Å². The van der Waals surface area contributed by atoms with Crippen LogP contribution in [0.3, 0.4) is 0 Å². The molecule has 1 atom stereocenters. The Labute approximate surface area is 190 Å². The monoisotopic (exact) mass is 445 g/mol. The lowest BCUT2D eigenvalue weighted by Crippen LogP contribution is -2.52. The SMILES string of the molecule is CCC(CC)C(CNC(=O)c1ccccc1SCc1c(C)noc1C)N1CCOCC1. The number of thioether (sulfide) groups is 1. The molecule has 0 spiro atoms. The molecule has 0 bridgehead atoms. The van der Waals surface area contributed by atoms with Gasteiger partial charge in [-0.3, -0.25) is 9.69 Å².